The average molecular weight is 310 g/mol. The molecule has 22 heavy (non-hydrogen) atoms. The van der Waals surface area contributed by atoms with Crippen LogP contribution in [0.25, 0.3) is 22.4 Å². The second-order valence-corrected chi connectivity index (χ2v) is 6.24. The predicted octanol–water partition coefficient (Wildman–Crippen LogP) is 4.90. The molecule has 0 radical (unpaired) electrons. The summed E-state index contributed by atoms with van der Waals surface area (Å²) >= 11 is 1.40. The summed E-state index contributed by atoms with van der Waals surface area (Å²) in [7, 11) is 0. The topological polar surface area (TPSA) is 45.8 Å². The van der Waals surface area contributed by atoms with Crippen LogP contribution in [0, 0.1) is 0 Å². The second kappa shape index (κ2) is 6.79. The first kappa shape index (κ1) is 14.9. The standard InChI is InChI=1S/C18H18N2OS/c1-2-3-12-22-18(21)14-10-8-13(9-11-14)17-19-15-6-4-5-7-16(15)20-17/h4-11H,2-3,12H2,1H3,(H,19,20). The summed E-state index contributed by atoms with van der Waals surface area (Å²) in [5.74, 6) is 1.72. The molecule has 3 aromatic rings. The number of nitrogens with zero attached hydrogens (tertiary/aromatic N) is 1. The van der Waals surface area contributed by atoms with Gasteiger partial charge in [-0.1, -0.05) is 49.4 Å². The van der Waals surface area contributed by atoms with Gasteiger partial charge in [-0.15, -0.1) is 0 Å². The Balaban J connectivity index is 1.77. The summed E-state index contributed by atoms with van der Waals surface area (Å²) in [6.45, 7) is 2.13. The number of thioether (sulfide) groups is 1. The van der Waals surface area contributed by atoms with E-state index in [-0.39, 0.29) is 5.12 Å². The minimum Gasteiger partial charge on any atom is -0.338 e. The van der Waals surface area contributed by atoms with E-state index in [2.05, 4.69) is 16.9 Å². The van der Waals surface area contributed by atoms with Crippen molar-refractivity contribution in [3.8, 4) is 11.4 Å². The lowest BCUT2D eigenvalue weighted by atomic mass is 10.1. The lowest BCUT2D eigenvalue weighted by Gasteiger charge is -2.02. The Labute approximate surface area is 134 Å². The van der Waals surface area contributed by atoms with Gasteiger partial charge in [0.05, 0.1) is 11.0 Å². The highest BCUT2D eigenvalue weighted by Crippen LogP contribution is 2.22. The first-order valence-electron chi connectivity index (χ1n) is 7.50. The predicted molar refractivity (Wildman–Crippen MR) is 93.2 cm³/mol. The van der Waals surface area contributed by atoms with Crippen molar-refractivity contribution >= 4 is 27.9 Å². The number of aromatic amines is 1. The van der Waals surface area contributed by atoms with E-state index in [4.69, 9.17) is 0 Å². The van der Waals surface area contributed by atoms with Crippen molar-refractivity contribution in [3.05, 3.63) is 54.1 Å². The molecule has 3 nitrogen and oxygen atoms in total. The number of carbonyl (C=O) groups excluding carboxylic acids is 1. The van der Waals surface area contributed by atoms with Gasteiger partial charge in [0, 0.05) is 16.9 Å². The van der Waals surface area contributed by atoms with E-state index in [1.54, 1.807) is 0 Å². The van der Waals surface area contributed by atoms with E-state index in [0.717, 1.165) is 46.6 Å². The van der Waals surface area contributed by atoms with Gasteiger partial charge in [0.1, 0.15) is 5.82 Å². The van der Waals surface area contributed by atoms with Crippen LogP contribution in [-0.2, 0) is 0 Å². The van der Waals surface area contributed by atoms with Gasteiger partial charge in [-0.05, 0) is 30.7 Å². The molecule has 4 heteroatoms. The zero-order chi connectivity index (χ0) is 15.4. The molecule has 1 N–H and O–H groups in total. The molecular formula is C18H18N2OS. The number of aromatic nitrogens is 2. The van der Waals surface area contributed by atoms with Crippen LogP contribution < -0.4 is 0 Å². The average Bonchev–Trinajstić information content (AvgIpc) is 2.99. The van der Waals surface area contributed by atoms with Gasteiger partial charge >= 0.3 is 0 Å². The Morgan fingerprint density at radius 3 is 2.64 bits per heavy atom. The second-order valence-electron chi connectivity index (χ2n) is 5.17. The molecule has 0 saturated heterocycles. The fourth-order valence-corrected chi connectivity index (χ4v) is 3.17. The molecule has 0 aliphatic carbocycles. The molecule has 0 unspecified atom stereocenters. The van der Waals surface area contributed by atoms with Crippen molar-refractivity contribution in [2.75, 3.05) is 5.75 Å². The van der Waals surface area contributed by atoms with Crippen molar-refractivity contribution in [1.29, 1.82) is 0 Å². The zero-order valence-corrected chi connectivity index (χ0v) is 13.3. The van der Waals surface area contributed by atoms with Gasteiger partial charge in [0.15, 0.2) is 0 Å². The number of fused-ring (bicyclic) bond motifs is 1. The summed E-state index contributed by atoms with van der Waals surface area (Å²) in [5, 5.41) is 0.143. The number of nitrogens with one attached hydrogen (secondary N) is 1. The van der Waals surface area contributed by atoms with Gasteiger partial charge < -0.3 is 4.98 Å². The van der Waals surface area contributed by atoms with E-state index in [1.165, 1.54) is 11.8 Å². The fourth-order valence-electron chi connectivity index (χ4n) is 2.25. The van der Waals surface area contributed by atoms with Crippen molar-refractivity contribution in [1.82, 2.24) is 9.97 Å². The minimum atomic E-state index is 0.143. The molecule has 3 rings (SSSR count). The lowest BCUT2D eigenvalue weighted by Crippen LogP contribution is -1.95. The Morgan fingerprint density at radius 1 is 1.14 bits per heavy atom. The SMILES string of the molecule is CCCCSC(=O)c1ccc(-c2nc3ccccc3[nH]2)cc1. The van der Waals surface area contributed by atoms with E-state index >= 15 is 0 Å². The van der Waals surface area contributed by atoms with Crippen molar-refractivity contribution < 1.29 is 4.79 Å². The Hall–Kier alpha value is -2.07. The van der Waals surface area contributed by atoms with E-state index in [0.29, 0.717) is 0 Å². The fraction of sp³-hybridized carbons (Fsp3) is 0.222. The number of benzene rings is 2. The van der Waals surface area contributed by atoms with Crippen LogP contribution in [0.3, 0.4) is 0 Å². The van der Waals surface area contributed by atoms with Gasteiger partial charge in [0.2, 0.25) is 5.12 Å². The molecule has 0 amide bonds. The van der Waals surface area contributed by atoms with E-state index in [9.17, 15) is 4.79 Å². The highest BCUT2D eigenvalue weighted by molar-refractivity contribution is 8.14. The molecule has 1 heterocycles. The zero-order valence-electron chi connectivity index (χ0n) is 12.5. The number of para-hydroxylation sites is 2. The number of hydrogen-bond acceptors (Lipinski definition) is 3. The third kappa shape index (κ3) is 3.22. The highest BCUT2D eigenvalue weighted by atomic mass is 32.2. The number of rotatable bonds is 5. The minimum absolute atomic E-state index is 0.143. The van der Waals surface area contributed by atoms with Crippen molar-refractivity contribution in [3.63, 3.8) is 0 Å². The van der Waals surface area contributed by atoms with Crippen molar-refractivity contribution in [2.45, 2.75) is 19.8 Å². The molecule has 2 aromatic carbocycles. The summed E-state index contributed by atoms with van der Waals surface area (Å²) in [6, 6.07) is 15.6. The Kier molecular flexibility index (Phi) is 4.59. The van der Waals surface area contributed by atoms with Crippen LogP contribution >= 0.6 is 11.8 Å². The van der Waals surface area contributed by atoms with Gasteiger partial charge in [-0.25, -0.2) is 4.98 Å². The number of imidazole rings is 1. The highest BCUT2D eigenvalue weighted by Gasteiger charge is 2.08. The molecule has 0 fully saturated rings. The van der Waals surface area contributed by atoms with Crippen molar-refractivity contribution in [2.24, 2.45) is 0 Å². The summed E-state index contributed by atoms with van der Waals surface area (Å²) in [5.41, 5.74) is 3.72. The molecule has 1 aromatic heterocycles. The van der Waals surface area contributed by atoms with Gasteiger partial charge in [0.25, 0.3) is 0 Å². The molecule has 112 valence electrons. The maximum Gasteiger partial charge on any atom is 0.219 e. The normalized spacial score (nSPS) is 11.0. The molecule has 0 bridgehead atoms. The Morgan fingerprint density at radius 2 is 1.91 bits per heavy atom. The lowest BCUT2D eigenvalue weighted by molar-refractivity contribution is 0.108. The number of carbonyl (C=O) groups is 1. The van der Waals surface area contributed by atoms with E-state index in [1.807, 2.05) is 48.5 Å². The summed E-state index contributed by atoms with van der Waals surface area (Å²) < 4.78 is 0. The van der Waals surface area contributed by atoms with Crippen LogP contribution in [-0.4, -0.2) is 20.8 Å². The third-order valence-corrected chi connectivity index (χ3v) is 4.51. The number of hydrogen-bond donors (Lipinski definition) is 1. The number of unbranched alkanes of at least 4 members (excludes halogenated alkanes) is 1. The molecule has 0 saturated carbocycles. The number of H-pyrrole nitrogens is 1. The van der Waals surface area contributed by atoms with Crippen LogP contribution in [0.1, 0.15) is 30.1 Å². The van der Waals surface area contributed by atoms with Gasteiger partial charge in [-0.2, -0.15) is 0 Å². The smallest absolute Gasteiger partial charge is 0.219 e. The van der Waals surface area contributed by atoms with Crippen LogP contribution in [0.15, 0.2) is 48.5 Å². The molecule has 0 spiro atoms. The maximum atomic E-state index is 12.0. The quantitative estimate of drug-likeness (QED) is 0.681. The van der Waals surface area contributed by atoms with E-state index < -0.39 is 0 Å². The van der Waals surface area contributed by atoms with Crippen LogP contribution in [0.2, 0.25) is 0 Å². The molecular weight excluding hydrogens is 292 g/mol. The molecule has 0 aliphatic heterocycles. The monoisotopic (exact) mass is 310 g/mol. The Bertz CT molecular complexity index is 744. The largest absolute Gasteiger partial charge is 0.338 e. The molecule has 0 atom stereocenters. The van der Waals surface area contributed by atoms with Crippen LogP contribution in [0.5, 0.6) is 0 Å². The van der Waals surface area contributed by atoms with Gasteiger partial charge in [-0.3, -0.25) is 4.79 Å². The first-order chi connectivity index (χ1) is 10.8. The summed E-state index contributed by atoms with van der Waals surface area (Å²) in [6.07, 6.45) is 2.19. The molecule has 0 aliphatic rings. The summed E-state index contributed by atoms with van der Waals surface area (Å²) in [4.78, 5) is 19.9. The van der Waals surface area contributed by atoms with Crippen LogP contribution in [0.4, 0.5) is 0 Å². The first-order valence-corrected chi connectivity index (χ1v) is 8.49. The maximum absolute atomic E-state index is 12.0. The third-order valence-electron chi connectivity index (χ3n) is 3.51.